The Kier molecular flexibility index (Phi) is 5.06. The summed E-state index contributed by atoms with van der Waals surface area (Å²) in [5, 5.41) is 2.57. The van der Waals surface area contributed by atoms with Gasteiger partial charge in [-0.15, -0.1) is 0 Å². The highest BCUT2D eigenvalue weighted by atomic mass is 35.5. The van der Waals surface area contributed by atoms with Gasteiger partial charge in [0.15, 0.2) is 6.61 Å². The lowest BCUT2D eigenvalue weighted by Crippen LogP contribution is -2.21. The van der Waals surface area contributed by atoms with Crippen LogP contribution in [0.1, 0.15) is 10.4 Å². The summed E-state index contributed by atoms with van der Waals surface area (Å²) in [6, 6.07) is 8.47. The summed E-state index contributed by atoms with van der Waals surface area (Å²) in [5.41, 5.74) is -0.0153. The van der Waals surface area contributed by atoms with Crippen molar-refractivity contribution in [1.82, 2.24) is 0 Å². The van der Waals surface area contributed by atoms with Gasteiger partial charge in [0.25, 0.3) is 5.91 Å². The second kappa shape index (κ2) is 7.00. The van der Waals surface area contributed by atoms with E-state index in [0.29, 0.717) is 5.69 Å². The molecule has 0 heterocycles. The van der Waals surface area contributed by atoms with Crippen LogP contribution < -0.4 is 5.32 Å². The van der Waals surface area contributed by atoms with Crippen LogP contribution >= 0.6 is 11.6 Å². The zero-order valence-electron chi connectivity index (χ0n) is 11.1. The number of amides is 1. The third-order valence-corrected chi connectivity index (χ3v) is 2.85. The molecule has 2 aromatic carbocycles. The Morgan fingerprint density at radius 2 is 1.77 bits per heavy atom. The Morgan fingerprint density at radius 3 is 2.45 bits per heavy atom. The van der Waals surface area contributed by atoms with Crippen LogP contribution in [-0.2, 0) is 9.53 Å². The molecule has 0 bridgehead atoms. The molecule has 2 rings (SSSR count). The van der Waals surface area contributed by atoms with E-state index in [9.17, 15) is 18.4 Å². The Morgan fingerprint density at radius 1 is 1.09 bits per heavy atom. The first-order chi connectivity index (χ1) is 10.5. The summed E-state index contributed by atoms with van der Waals surface area (Å²) < 4.78 is 30.8. The van der Waals surface area contributed by atoms with E-state index in [-0.39, 0.29) is 10.6 Å². The van der Waals surface area contributed by atoms with Gasteiger partial charge in [-0.3, -0.25) is 4.79 Å². The number of rotatable bonds is 4. The molecule has 0 unspecified atom stereocenters. The first-order valence-electron chi connectivity index (χ1n) is 6.13. The molecule has 0 saturated heterocycles. The van der Waals surface area contributed by atoms with Gasteiger partial charge in [-0.2, -0.15) is 0 Å². The number of benzene rings is 2. The quantitative estimate of drug-likeness (QED) is 0.876. The zero-order chi connectivity index (χ0) is 16.1. The number of carbonyl (C=O) groups is 2. The van der Waals surface area contributed by atoms with E-state index >= 15 is 0 Å². The van der Waals surface area contributed by atoms with Gasteiger partial charge >= 0.3 is 5.97 Å². The second-order valence-corrected chi connectivity index (χ2v) is 4.69. The molecular weight excluding hydrogens is 316 g/mol. The van der Waals surface area contributed by atoms with Crippen molar-refractivity contribution in [3.05, 3.63) is 64.7 Å². The number of carbonyl (C=O) groups excluding carboxylic acids is 2. The number of nitrogens with one attached hydrogen (secondary N) is 1. The first-order valence-corrected chi connectivity index (χ1v) is 6.51. The lowest BCUT2D eigenvalue weighted by atomic mass is 10.2. The fourth-order valence-electron chi connectivity index (χ4n) is 1.59. The second-order valence-electron chi connectivity index (χ2n) is 4.26. The van der Waals surface area contributed by atoms with Crippen molar-refractivity contribution in [1.29, 1.82) is 0 Å². The molecule has 0 saturated carbocycles. The SMILES string of the molecule is O=C(COC(=O)c1cc(Cl)ccc1F)Nc1ccc(F)cc1. The van der Waals surface area contributed by atoms with Gasteiger partial charge in [0.1, 0.15) is 11.6 Å². The van der Waals surface area contributed by atoms with Crippen molar-refractivity contribution in [3.8, 4) is 0 Å². The maximum atomic E-state index is 13.4. The molecular formula is C15H10ClF2NO3. The standard InChI is InChI=1S/C15H10ClF2NO3/c16-9-1-6-13(18)12(7-9)15(21)22-8-14(20)19-11-4-2-10(17)3-5-11/h1-7H,8H2,(H,19,20). The van der Waals surface area contributed by atoms with E-state index in [2.05, 4.69) is 5.32 Å². The Labute approximate surface area is 129 Å². The molecule has 0 aliphatic heterocycles. The van der Waals surface area contributed by atoms with Crippen LogP contribution in [-0.4, -0.2) is 18.5 Å². The maximum Gasteiger partial charge on any atom is 0.341 e. The van der Waals surface area contributed by atoms with Crippen molar-refractivity contribution in [2.45, 2.75) is 0 Å². The summed E-state index contributed by atoms with van der Waals surface area (Å²) in [6.07, 6.45) is 0. The van der Waals surface area contributed by atoms with Crippen molar-refractivity contribution < 1.29 is 23.1 Å². The number of hydrogen-bond acceptors (Lipinski definition) is 3. The van der Waals surface area contributed by atoms with Crippen LogP contribution in [0.5, 0.6) is 0 Å². The third-order valence-electron chi connectivity index (χ3n) is 2.61. The minimum atomic E-state index is -1.01. The van der Waals surface area contributed by atoms with E-state index in [0.717, 1.165) is 12.1 Å². The number of anilines is 1. The van der Waals surface area contributed by atoms with E-state index in [1.807, 2.05) is 0 Å². The van der Waals surface area contributed by atoms with Crippen molar-refractivity contribution in [2.75, 3.05) is 11.9 Å². The molecule has 0 fully saturated rings. The molecule has 1 N–H and O–H groups in total. The third kappa shape index (κ3) is 4.26. The summed E-state index contributed by atoms with van der Waals surface area (Å²) in [7, 11) is 0. The molecule has 114 valence electrons. The molecule has 4 nitrogen and oxygen atoms in total. The zero-order valence-corrected chi connectivity index (χ0v) is 11.9. The molecule has 0 aliphatic rings. The Balaban J connectivity index is 1.91. The lowest BCUT2D eigenvalue weighted by molar-refractivity contribution is -0.119. The predicted molar refractivity (Wildman–Crippen MR) is 76.7 cm³/mol. The molecule has 0 aliphatic carbocycles. The van der Waals surface area contributed by atoms with E-state index in [4.69, 9.17) is 16.3 Å². The van der Waals surface area contributed by atoms with Crippen molar-refractivity contribution >= 4 is 29.2 Å². The normalized spacial score (nSPS) is 10.1. The van der Waals surface area contributed by atoms with Gasteiger partial charge in [-0.05, 0) is 42.5 Å². The van der Waals surface area contributed by atoms with Crippen LogP contribution in [0.4, 0.5) is 14.5 Å². The number of esters is 1. The molecule has 0 radical (unpaired) electrons. The topological polar surface area (TPSA) is 55.4 Å². The molecule has 0 spiro atoms. The molecule has 7 heteroatoms. The van der Waals surface area contributed by atoms with E-state index in [1.165, 1.54) is 30.3 Å². The summed E-state index contributed by atoms with van der Waals surface area (Å²) >= 11 is 5.66. The van der Waals surface area contributed by atoms with E-state index in [1.54, 1.807) is 0 Å². The van der Waals surface area contributed by atoms with Crippen LogP contribution in [0.2, 0.25) is 5.02 Å². The predicted octanol–water partition coefficient (Wildman–Crippen LogP) is 3.41. The Hall–Kier alpha value is -2.47. The van der Waals surface area contributed by atoms with Crippen molar-refractivity contribution in [2.24, 2.45) is 0 Å². The molecule has 2 aromatic rings. The van der Waals surface area contributed by atoms with Crippen LogP contribution in [0, 0.1) is 11.6 Å². The summed E-state index contributed by atoms with van der Waals surface area (Å²) in [6.45, 7) is -0.609. The average Bonchev–Trinajstić information content (AvgIpc) is 2.49. The maximum absolute atomic E-state index is 13.4. The highest BCUT2D eigenvalue weighted by molar-refractivity contribution is 6.30. The average molecular weight is 326 g/mol. The van der Waals surface area contributed by atoms with Gasteiger partial charge in [0.05, 0.1) is 5.56 Å². The van der Waals surface area contributed by atoms with Gasteiger partial charge in [-0.25, -0.2) is 13.6 Å². The largest absolute Gasteiger partial charge is 0.452 e. The van der Waals surface area contributed by atoms with Gasteiger partial charge in [-0.1, -0.05) is 11.6 Å². The minimum absolute atomic E-state index is 0.170. The number of ether oxygens (including phenoxy) is 1. The number of halogens is 3. The Bertz CT molecular complexity index is 704. The smallest absolute Gasteiger partial charge is 0.341 e. The fourth-order valence-corrected chi connectivity index (χ4v) is 1.77. The summed E-state index contributed by atoms with van der Waals surface area (Å²) in [4.78, 5) is 23.3. The lowest BCUT2D eigenvalue weighted by Gasteiger charge is -2.07. The fraction of sp³-hybridized carbons (Fsp3) is 0.0667. The van der Waals surface area contributed by atoms with Crippen LogP contribution in [0.25, 0.3) is 0 Å². The highest BCUT2D eigenvalue weighted by Crippen LogP contribution is 2.16. The van der Waals surface area contributed by atoms with Gasteiger partial charge in [0, 0.05) is 10.7 Å². The van der Waals surface area contributed by atoms with Gasteiger partial charge < -0.3 is 10.1 Å². The molecule has 0 aromatic heterocycles. The molecule has 0 atom stereocenters. The van der Waals surface area contributed by atoms with E-state index < -0.39 is 30.1 Å². The minimum Gasteiger partial charge on any atom is -0.452 e. The number of hydrogen-bond donors (Lipinski definition) is 1. The first kappa shape index (κ1) is 15.9. The highest BCUT2D eigenvalue weighted by Gasteiger charge is 2.15. The van der Waals surface area contributed by atoms with Crippen molar-refractivity contribution in [3.63, 3.8) is 0 Å². The summed E-state index contributed by atoms with van der Waals surface area (Å²) in [5.74, 6) is -2.88. The molecule has 1 amide bonds. The van der Waals surface area contributed by atoms with Crippen LogP contribution in [0.15, 0.2) is 42.5 Å². The molecule has 22 heavy (non-hydrogen) atoms. The monoisotopic (exact) mass is 325 g/mol. The van der Waals surface area contributed by atoms with Gasteiger partial charge in [0.2, 0.25) is 0 Å². The van der Waals surface area contributed by atoms with Crippen LogP contribution in [0.3, 0.4) is 0 Å².